The van der Waals surface area contributed by atoms with Gasteiger partial charge in [-0.05, 0) is 50.3 Å². The molecule has 1 heterocycles. The van der Waals surface area contributed by atoms with Crippen molar-refractivity contribution in [1.82, 2.24) is 10.2 Å². The van der Waals surface area contributed by atoms with Crippen LogP contribution in [0.15, 0.2) is 24.3 Å². The Labute approximate surface area is 115 Å². The van der Waals surface area contributed by atoms with E-state index in [1.54, 1.807) is 12.1 Å². The fourth-order valence-electron chi connectivity index (χ4n) is 3.27. The van der Waals surface area contributed by atoms with Gasteiger partial charge >= 0.3 is 0 Å². The Morgan fingerprint density at radius 1 is 1.32 bits per heavy atom. The van der Waals surface area contributed by atoms with Gasteiger partial charge in [-0.25, -0.2) is 0 Å². The Bertz CT molecular complexity index is 441. The summed E-state index contributed by atoms with van der Waals surface area (Å²) in [5.74, 6) is 1.20. The van der Waals surface area contributed by atoms with Gasteiger partial charge in [-0.2, -0.15) is 0 Å². The minimum atomic E-state index is 0.296. The van der Waals surface area contributed by atoms with E-state index in [1.165, 1.54) is 18.4 Å². The smallest absolute Gasteiger partial charge is 0.115 e. The normalized spacial score (nSPS) is 32.4. The number of phenols is 1. The summed E-state index contributed by atoms with van der Waals surface area (Å²) in [5.41, 5.74) is 1.59. The Balaban J connectivity index is 1.77. The van der Waals surface area contributed by atoms with Gasteiger partial charge in [-0.15, -0.1) is 0 Å². The number of nitrogens with one attached hydrogen (secondary N) is 1. The monoisotopic (exact) mass is 260 g/mol. The number of aromatic hydroxyl groups is 1. The molecule has 2 N–H and O–H groups in total. The number of benzene rings is 1. The summed E-state index contributed by atoms with van der Waals surface area (Å²) < 4.78 is 0. The molecule has 0 aromatic heterocycles. The molecule has 1 aromatic rings. The number of hydrogen-bond donors (Lipinski definition) is 2. The fraction of sp³-hybridized carbons (Fsp3) is 0.625. The predicted molar refractivity (Wildman–Crippen MR) is 77.1 cm³/mol. The molecule has 2 aliphatic rings. The van der Waals surface area contributed by atoms with Gasteiger partial charge < -0.3 is 10.4 Å². The van der Waals surface area contributed by atoms with E-state index in [2.05, 4.69) is 24.1 Å². The highest BCUT2D eigenvalue weighted by Crippen LogP contribution is 2.44. The second-order valence-corrected chi connectivity index (χ2v) is 6.46. The molecule has 2 fully saturated rings. The van der Waals surface area contributed by atoms with Crippen molar-refractivity contribution in [1.29, 1.82) is 0 Å². The van der Waals surface area contributed by atoms with Crippen molar-refractivity contribution in [3.8, 4) is 5.75 Å². The van der Waals surface area contributed by atoms with Crippen molar-refractivity contribution in [2.45, 2.75) is 44.8 Å². The summed E-state index contributed by atoms with van der Waals surface area (Å²) in [6.45, 7) is 7.85. The third-order valence-corrected chi connectivity index (χ3v) is 4.79. The first kappa shape index (κ1) is 12.9. The highest BCUT2D eigenvalue weighted by Gasteiger charge is 2.47. The number of rotatable bonds is 3. The molecule has 104 valence electrons. The molecule has 0 radical (unpaired) electrons. The van der Waals surface area contributed by atoms with Crippen molar-refractivity contribution in [3.63, 3.8) is 0 Å². The average Bonchev–Trinajstić information content (AvgIpc) is 3.21. The lowest BCUT2D eigenvalue weighted by Crippen LogP contribution is -2.63. The lowest BCUT2D eigenvalue weighted by molar-refractivity contribution is 0.0312. The Morgan fingerprint density at radius 2 is 2.00 bits per heavy atom. The number of phenolic OH excluding ortho intramolecular Hbond substituents is 1. The molecule has 0 bridgehead atoms. The van der Waals surface area contributed by atoms with Crippen LogP contribution in [0.25, 0.3) is 0 Å². The molecule has 1 aliphatic carbocycles. The molecule has 1 aliphatic heterocycles. The van der Waals surface area contributed by atoms with Crippen LogP contribution < -0.4 is 5.32 Å². The molecule has 2 atom stereocenters. The summed E-state index contributed by atoms with van der Waals surface area (Å²) in [7, 11) is 0. The first-order valence-corrected chi connectivity index (χ1v) is 7.34. The molecule has 3 nitrogen and oxygen atoms in total. The van der Waals surface area contributed by atoms with Gasteiger partial charge in [0, 0.05) is 31.2 Å². The van der Waals surface area contributed by atoms with Gasteiger partial charge in [-0.3, -0.25) is 4.90 Å². The molecule has 1 saturated carbocycles. The van der Waals surface area contributed by atoms with Crippen molar-refractivity contribution < 1.29 is 5.11 Å². The Kier molecular flexibility index (Phi) is 3.27. The van der Waals surface area contributed by atoms with Crippen LogP contribution in [0.2, 0.25) is 0 Å². The summed E-state index contributed by atoms with van der Waals surface area (Å²) in [5, 5.41) is 13.0. The average molecular weight is 260 g/mol. The van der Waals surface area contributed by atoms with Crippen LogP contribution in [0.1, 0.15) is 32.3 Å². The SMILES string of the molecule is CC1CN(Cc2ccc(O)cc2)C(C)(C2CC2)CN1. The van der Waals surface area contributed by atoms with Gasteiger partial charge in [0.1, 0.15) is 5.75 Å². The molecule has 1 aromatic carbocycles. The molecule has 19 heavy (non-hydrogen) atoms. The van der Waals surface area contributed by atoms with E-state index >= 15 is 0 Å². The van der Waals surface area contributed by atoms with Gasteiger partial charge in [0.05, 0.1) is 0 Å². The number of piperazine rings is 1. The second kappa shape index (κ2) is 4.80. The van der Waals surface area contributed by atoms with Crippen LogP contribution >= 0.6 is 0 Å². The highest BCUT2D eigenvalue weighted by atomic mass is 16.3. The minimum Gasteiger partial charge on any atom is -0.508 e. The maximum absolute atomic E-state index is 9.38. The topological polar surface area (TPSA) is 35.5 Å². The van der Waals surface area contributed by atoms with Gasteiger partial charge in [0.15, 0.2) is 0 Å². The van der Waals surface area contributed by atoms with Gasteiger partial charge in [0.2, 0.25) is 0 Å². The van der Waals surface area contributed by atoms with E-state index in [1.807, 2.05) is 12.1 Å². The zero-order valence-electron chi connectivity index (χ0n) is 11.9. The third-order valence-electron chi connectivity index (χ3n) is 4.79. The van der Waals surface area contributed by atoms with Crippen molar-refractivity contribution in [3.05, 3.63) is 29.8 Å². The Morgan fingerprint density at radius 3 is 2.63 bits per heavy atom. The van der Waals surface area contributed by atoms with E-state index in [-0.39, 0.29) is 0 Å². The zero-order chi connectivity index (χ0) is 13.5. The first-order valence-electron chi connectivity index (χ1n) is 7.34. The molecule has 0 amide bonds. The van der Waals surface area contributed by atoms with Crippen LogP contribution in [0, 0.1) is 5.92 Å². The zero-order valence-corrected chi connectivity index (χ0v) is 11.9. The first-order chi connectivity index (χ1) is 9.08. The number of nitrogens with zero attached hydrogens (tertiary/aromatic N) is 1. The van der Waals surface area contributed by atoms with Crippen LogP contribution in [-0.2, 0) is 6.54 Å². The predicted octanol–water partition coefficient (Wildman–Crippen LogP) is 2.35. The summed E-state index contributed by atoms with van der Waals surface area (Å²) in [6, 6.07) is 8.21. The van der Waals surface area contributed by atoms with Crippen LogP contribution in [0.5, 0.6) is 5.75 Å². The second-order valence-electron chi connectivity index (χ2n) is 6.46. The quantitative estimate of drug-likeness (QED) is 0.875. The van der Waals surface area contributed by atoms with Crippen molar-refractivity contribution >= 4 is 0 Å². The van der Waals surface area contributed by atoms with E-state index in [4.69, 9.17) is 0 Å². The lowest BCUT2D eigenvalue weighted by atomic mass is 9.89. The number of hydrogen-bond acceptors (Lipinski definition) is 3. The fourth-order valence-corrected chi connectivity index (χ4v) is 3.27. The van der Waals surface area contributed by atoms with Crippen LogP contribution in [-0.4, -0.2) is 34.7 Å². The summed E-state index contributed by atoms with van der Waals surface area (Å²) in [6.07, 6.45) is 2.75. The largest absolute Gasteiger partial charge is 0.508 e. The molecule has 2 unspecified atom stereocenters. The van der Waals surface area contributed by atoms with Crippen LogP contribution in [0.3, 0.4) is 0 Å². The minimum absolute atomic E-state index is 0.296. The highest BCUT2D eigenvalue weighted by molar-refractivity contribution is 5.26. The van der Waals surface area contributed by atoms with E-state index in [0.29, 0.717) is 17.3 Å². The van der Waals surface area contributed by atoms with Crippen LogP contribution in [0.4, 0.5) is 0 Å². The van der Waals surface area contributed by atoms with E-state index in [9.17, 15) is 5.11 Å². The molecule has 0 spiro atoms. The standard InChI is InChI=1S/C16H24N2O/c1-12-9-18(10-13-3-7-15(19)8-4-13)16(2,11-17-12)14-5-6-14/h3-4,7-8,12,14,17,19H,5-6,9-11H2,1-2H3. The molecular formula is C16H24N2O. The third kappa shape index (κ3) is 2.63. The van der Waals surface area contributed by atoms with Gasteiger partial charge in [-0.1, -0.05) is 12.1 Å². The van der Waals surface area contributed by atoms with Gasteiger partial charge in [0.25, 0.3) is 0 Å². The van der Waals surface area contributed by atoms with Crippen molar-refractivity contribution in [2.24, 2.45) is 5.92 Å². The maximum Gasteiger partial charge on any atom is 0.115 e. The molecular weight excluding hydrogens is 236 g/mol. The van der Waals surface area contributed by atoms with E-state index < -0.39 is 0 Å². The van der Waals surface area contributed by atoms with Crippen molar-refractivity contribution in [2.75, 3.05) is 13.1 Å². The molecule has 3 heteroatoms. The Hall–Kier alpha value is -1.06. The maximum atomic E-state index is 9.38. The molecule has 1 saturated heterocycles. The molecule has 3 rings (SSSR count). The summed E-state index contributed by atoms with van der Waals surface area (Å²) in [4.78, 5) is 2.64. The summed E-state index contributed by atoms with van der Waals surface area (Å²) >= 11 is 0. The van der Waals surface area contributed by atoms with E-state index in [0.717, 1.165) is 25.6 Å². The lowest BCUT2D eigenvalue weighted by Gasteiger charge is -2.48.